The third-order valence-electron chi connectivity index (χ3n) is 4.25. The number of benzene rings is 2. The molecule has 10 nitrogen and oxygen atoms in total. The van der Waals surface area contributed by atoms with Gasteiger partial charge in [-0.3, -0.25) is 4.79 Å². The first-order valence-electron chi connectivity index (χ1n) is 9.38. The Kier molecular flexibility index (Phi) is 6.94. The van der Waals surface area contributed by atoms with Gasteiger partial charge in [-0.25, -0.2) is 9.79 Å². The van der Waals surface area contributed by atoms with E-state index in [-0.39, 0.29) is 24.2 Å². The van der Waals surface area contributed by atoms with Gasteiger partial charge in [-0.15, -0.1) is 10.2 Å². The number of aliphatic imine (C=N–C) groups is 1. The summed E-state index contributed by atoms with van der Waals surface area (Å²) >= 11 is 0. The predicted octanol–water partition coefficient (Wildman–Crippen LogP) is 1.08. The molecule has 0 bridgehead atoms. The van der Waals surface area contributed by atoms with Crippen molar-refractivity contribution in [3.63, 3.8) is 0 Å². The quantitative estimate of drug-likeness (QED) is 0.276. The molecule has 0 fully saturated rings. The van der Waals surface area contributed by atoms with Crippen molar-refractivity contribution in [2.45, 2.75) is 18.9 Å². The highest BCUT2D eigenvalue weighted by Crippen LogP contribution is 2.21. The summed E-state index contributed by atoms with van der Waals surface area (Å²) in [5.41, 5.74) is 12.8. The Morgan fingerprint density at radius 2 is 1.81 bits per heavy atom. The monoisotopic (exact) mass is 422 g/mol. The number of methoxy groups -OCH3 is 1. The van der Waals surface area contributed by atoms with E-state index in [4.69, 9.17) is 20.6 Å². The zero-order valence-electron chi connectivity index (χ0n) is 16.8. The van der Waals surface area contributed by atoms with Crippen LogP contribution in [0.3, 0.4) is 0 Å². The summed E-state index contributed by atoms with van der Waals surface area (Å²) in [6.07, 6.45) is 0.123. The number of carbonyl (C=O) groups excluding carboxylic acids is 2. The fourth-order valence-corrected chi connectivity index (χ4v) is 2.84. The molecule has 0 radical (unpaired) electrons. The van der Waals surface area contributed by atoms with Crippen LogP contribution in [0, 0.1) is 0 Å². The zero-order chi connectivity index (χ0) is 22.2. The van der Waals surface area contributed by atoms with Crippen molar-refractivity contribution in [3.05, 3.63) is 66.1 Å². The lowest BCUT2D eigenvalue weighted by Gasteiger charge is -2.16. The van der Waals surface area contributed by atoms with Gasteiger partial charge in [-0.2, -0.15) is 0 Å². The Hall–Kier alpha value is -4.21. The SMILES string of the molecule is COC(=O)[C@H](Cc1ccccc1)NC(=O)Cc1nnc(-c2ccc(N=C(N)N)cc2)o1. The van der Waals surface area contributed by atoms with Crippen LogP contribution in [-0.2, 0) is 27.2 Å². The molecule has 31 heavy (non-hydrogen) atoms. The van der Waals surface area contributed by atoms with E-state index in [1.165, 1.54) is 7.11 Å². The average molecular weight is 422 g/mol. The molecule has 2 aromatic carbocycles. The summed E-state index contributed by atoms with van der Waals surface area (Å²) in [7, 11) is 1.27. The molecular formula is C21H22N6O4. The number of aromatic nitrogens is 2. The maximum absolute atomic E-state index is 12.4. The molecule has 0 saturated carbocycles. The fraction of sp³-hybridized carbons (Fsp3) is 0.190. The van der Waals surface area contributed by atoms with E-state index < -0.39 is 17.9 Å². The average Bonchev–Trinajstić information content (AvgIpc) is 3.22. The van der Waals surface area contributed by atoms with Crippen molar-refractivity contribution in [1.82, 2.24) is 15.5 Å². The first-order chi connectivity index (χ1) is 14.9. The van der Waals surface area contributed by atoms with Crippen molar-refractivity contribution in [1.29, 1.82) is 0 Å². The van der Waals surface area contributed by atoms with Crippen LogP contribution in [0.25, 0.3) is 11.5 Å². The van der Waals surface area contributed by atoms with Crippen LogP contribution in [0.5, 0.6) is 0 Å². The van der Waals surface area contributed by atoms with E-state index >= 15 is 0 Å². The molecule has 10 heteroatoms. The lowest BCUT2D eigenvalue weighted by Crippen LogP contribution is -2.43. The molecule has 0 unspecified atom stereocenters. The molecule has 5 N–H and O–H groups in total. The van der Waals surface area contributed by atoms with Gasteiger partial charge in [0.2, 0.25) is 17.7 Å². The Labute approximate surface area is 178 Å². The smallest absolute Gasteiger partial charge is 0.328 e. The zero-order valence-corrected chi connectivity index (χ0v) is 16.8. The highest BCUT2D eigenvalue weighted by atomic mass is 16.5. The van der Waals surface area contributed by atoms with Crippen LogP contribution >= 0.6 is 0 Å². The maximum Gasteiger partial charge on any atom is 0.328 e. The van der Waals surface area contributed by atoms with Crippen molar-refractivity contribution in [2.75, 3.05) is 7.11 Å². The van der Waals surface area contributed by atoms with Gasteiger partial charge >= 0.3 is 5.97 Å². The van der Waals surface area contributed by atoms with Crippen LogP contribution < -0.4 is 16.8 Å². The van der Waals surface area contributed by atoms with E-state index in [0.717, 1.165) is 5.56 Å². The fourth-order valence-electron chi connectivity index (χ4n) is 2.84. The van der Waals surface area contributed by atoms with Gasteiger partial charge in [0.25, 0.3) is 0 Å². The first-order valence-corrected chi connectivity index (χ1v) is 9.38. The molecular weight excluding hydrogens is 400 g/mol. The van der Waals surface area contributed by atoms with Gasteiger partial charge in [-0.1, -0.05) is 30.3 Å². The second-order valence-corrected chi connectivity index (χ2v) is 6.59. The van der Waals surface area contributed by atoms with E-state index in [9.17, 15) is 9.59 Å². The number of guanidine groups is 1. The normalized spacial score (nSPS) is 11.4. The number of ether oxygens (including phenoxy) is 1. The molecule has 3 aromatic rings. The molecule has 0 aliphatic heterocycles. The molecule has 3 rings (SSSR count). The number of nitrogens with zero attached hydrogens (tertiary/aromatic N) is 3. The third kappa shape index (κ3) is 6.13. The van der Waals surface area contributed by atoms with Gasteiger partial charge in [0.1, 0.15) is 12.5 Å². The van der Waals surface area contributed by atoms with E-state index in [2.05, 4.69) is 20.5 Å². The van der Waals surface area contributed by atoms with E-state index in [0.29, 0.717) is 17.7 Å². The van der Waals surface area contributed by atoms with Crippen molar-refractivity contribution in [3.8, 4) is 11.5 Å². The van der Waals surface area contributed by atoms with E-state index in [1.807, 2.05) is 30.3 Å². The Morgan fingerprint density at radius 3 is 2.45 bits per heavy atom. The molecule has 0 aliphatic carbocycles. The van der Waals surface area contributed by atoms with Crippen LogP contribution in [0.15, 0.2) is 64.0 Å². The molecule has 1 aromatic heterocycles. The van der Waals surface area contributed by atoms with Crippen molar-refractivity contribution < 1.29 is 18.7 Å². The summed E-state index contributed by atoms with van der Waals surface area (Å²) in [6.45, 7) is 0. The van der Waals surface area contributed by atoms with Crippen LogP contribution in [0.1, 0.15) is 11.5 Å². The largest absolute Gasteiger partial charge is 0.467 e. The lowest BCUT2D eigenvalue weighted by atomic mass is 10.1. The highest BCUT2D eigenvalue weighted by Gasteiger charge is 2.23. The minimum atomic E-state index is -0.828. The summed E-state index contributed by atoms with van der Waals surface area (Å²) < 4.78 is 10.4. The summed E-state index contributed by atoms with van der Waals surface area (Å²) in [5, 5.41) is 10.5. The molecule has 0 aliphatic rings. The van der Waals surface area contributed by atoms with Gasteiger partial charge in [0.15, 0.2) is 5.96 Å². The molecule has 1 heterocycles. The number of rotatable bonds is 8. The van der Waals surface area contributed by atoms with Gasteiger partial charge in [-0.05, 0) is 29.8 Å². The molecule has 1 amide bonds. The number of hydrogen-bond acceptors (Lipinski definition) is 7. The van der Waals surface area contributed by atoms with Crippen molar-refractivity contribution >= 4 is 23.5 Å². The van der Waals surface area contributed by atoms with Gasteiger partial charge in [0, 0.05) is 12.0 Å². The second-order valence-electron chi connectivity index (χ2n) is 6.59. The number of nitrogens with one attached hydrogen (secondary N) is 1. The van der Waals surface area contributed by atoms with Crippen LogP contribution in [0.4, 0.5) is 5.69 Å². The predicted molar refractivity (Wildman–Crippen MR) is 113 cm³/mol. The van der Waals surface area contributed by atoms with Crippen LogP contribution in [-0.4, -0.2) is 41.2 Å². The molecule has 0 spiro atoms. The molecule has 160 valence electrons. The minimum Gasteiger partial charge on any atom is -0.467 e. The Bertz CT molecular complexity index is 1060. The van der Waals surface area contributed by atoms with E-state index in [1.54, 1.807) is 24.3 Å². The summed E-state index contributed by atoms with van der Waals surface area (Å²) in [5.74, 6) is -0.665. The summed E-state index contributed by atoms with van der Waals surface area (Å²) in [4.78, 5) is 28.4. The standard InChI is InChI=1S/C21H22N6O4/c1-30-20(29)16(11-13-5-3-2-4-6-13)25-17(28)12-18-26-27-19(31-18)14-7-9-15(10-8-14)24-21(22)23/h2-10,16H,11-12H2,1H3,(H,25,28)(H4,22,23,24)/t16-/m0/s1. The van der Waals surface area contributed by atoms with Crippen LogP contribution in [0.2, 0.25) is 0 Å². The Balaban J connectivity index is 1.64. The topological polar surface area (TPSA) is 159 Å². The number of esters is 1. The Morgan fingerprint density at radius 1 is 1.10 bits per heavy atom. The molecule has 0 saturated heterocycles. The highest BCUT2D eigenvalue weighted by molar-refractivity contribution is 5.85. The maximum atomic E-state index is 12.4. The number of amides is 1. The minimum absolute atomic E-state index is 0.0450. The van der Waals surface area contributed by atoms with Gasteiger partial charge < -0.3 is 25.9 Å². The first kappa shape index (κ1) is 21.5. The third-order valence-corrected chi connectivity index (χ3v) is 4.25. The second kappa shape index (κ2) is 10.0. The lowest BCUT2D eigenvalue weighted by molar-refractivity contribution is -0.145. The molecule has 1 atom stereocenters. The number of carbonyl (C=O) groups is 2. The van der Waals surface area contributed by atoms with Gasteiger partial charge in [0.05, 0.1) is 12.8 Å². The summed E-state index contributed by atoms with van der Waals surface area (Å²) in [6, 6.07) is 15.3. The number of hydrogen-bond donors (Lipinski definition) is 3. The van der Waals surface area contributed by atoms with Crippen molar-refractivity contribution in [2.24, 2.45) is 16.5 Å². The number of nitrogens with two attached hydrogens (primary N) is 2.